The molecule has 21 heavy (non-hydrogen) atoms. The lowest BCUT2D eigenvalue weighted by atomic mass is 9.94. The van der Waals surface area contributed by atoms with Crippen LogP contribution in [0.3, 0.4) is 0 Å². The van der Waals surface area contributed by atoms with Crippen molar-refractivity contribution in [2.45, 2.75) is 31.8 Å². The van der Waals surface area contributed by atoms with Crippen LogP contribution in [0.1, 0.15) is 26.2 Å². The molecular formula is C15H20Cl2N2O2. The van der Waals surface area contributed by atoms with Crippen LogP contribution in [0.2, 0.25) is 10.0 Å². The van der Waals surface area contributed by atoms with E-state index in [4.69, 9.17) is 23.2 Å². The fourth-order valence-corrected chi connectivity index (χ4v) is 2.66. The maximum absolute atomic E-state index is 12.0. The van der Waals surface area contributed by atoms with E-state index in [0.29, 0.717) is 28.7 Å². The number of halogens is 2. The molecule has 6 heteroatoms. The number of piperidine rings is 1. The molecule has 1 amide bonds. The van der Waals surface area contributed by atoms with Gasteiger partial charge in [-0.2, -0.15) is 0 Å². The standard InChI is InChI=1S/C15H20Cl2N2O2/c1-15(21)5-8-19(9-6-15)7-4-14(20)18-13-10-11(16)2-3-12(13)17/h2-3,10,21H,4-9H2,1H3,(H,18,20). The molecule has 0 aliphatic carbocycles. The van der Waals surface area contributed by atoms with Crippen molar-refractivity contribution >= 4 is 34.8 Å². The number of amides is 1. The van der Waals surface area contributed by atoms with Crippen LogP contribution in [0.4, 0.5) is 5.69 Å². The number of carbonyl (C=O) groups excluding carboxylic acids is 1. The second-order valence-corrected chi connectivity index (χ2v) is 6.60. The molecule has 1 aliphatic rings. The minimum Gasteiger partial charge on any atom is -0.390 e. The zero-order valence-electron chi connectivity index (χ0n) is 12.0. The third-order valence-electron chi connectivity index (χ3n) is 3.79. The fraction of sp³-hybridized carbons (Fsp3) is 0.533. The second kappa shape index (κ2) is 6.97. The van der Waals surface area contributed by atoms with Crippen LogP contribution in [-0.4, -0.2) is 41.1 Å². The van der Waals surface area contributed by atoms with Crippen molar-refractivity contribution in [1.82, 2.24) is 4.90 Å². The van der Waals surface area contributed by atoms with Crippen molar-refractivity contribution in [1.29, 1.82) is 0 Å². The molecule has 0 spiro atoms. The number of likely N-dealkylation sites (tertiary alicyclic amines) is 1. The van der Waals surface area contributed by atoms with Crippen LogP contribution < -0.4 is 5.32 Å². The zero-order valence-corrected chi connectivity index (χ0v) is 13.5. The maximum atomic E-state index is 12.0. The van der Waals surface area contributed by atoms with Crippen LogP contribution in [0.5, 0.6) is 0 Å². The molecule has 2 N–H and O–H groups in total. The summed E-state index contributed by atoms with van der Waals surface area (Å²) in [7, 11) is 0. The number of nitrogens with one attached hydrogen (secondary N) is 1. The first-order valence-electron chi connectivity index (χ1n) is 7.05. The molecule has 0 saturated carbocycles. The smallest absolute Gasteiger partial charge is 0.225 e. The van der Waals surface area contributed by atoms with Gasteiger partial charge in [0.1, 0.15) is 0 Å². The Morgan fingerprint density at radius 3 is 2.71 bits per heavy atom. The molecule has 1 saturated heterocycles. The van der Waals surface area contributed by atoms with Crippen molar-refractivity contribution in [3.05, 3.63) is 28.2 Å². The van der Waals surface area contributed by atoms with E-state index in [0.717, 1.165) is 25.9 Å². The molecule has 4 nitrogen and oxygen atoms in total. The molecule has 1 aromatic carbocycles. The second-order valence-electron chi connectivity index (χ2n) is 5.76. The van der Waals surface area contributed by atoms with E-state index >= 15 is 0 Å². The van der Waals surface area contributed by atoms with Crippen LogP contribution in [0.15, 0.2) is 18.2 Å². The average molecular weight is 331 g/mol. The van der Waals surface area contributed by atoms with Gasteiger partial charge in [0.15, 0.2) is 0 Å². The number of carbonyl (C=O) groups is 1. The summed E-state index contributed by atoms with van der Waals surface area (Å²) in [6.45, 7) is 4.18. The Morgan fingerprint density at radius 1 is 1.38 bits per heavy atom. The van der Waals surface area contributed by atoms with Crippen molar-refractivity contribution in [3.63, 3.8) is 0 Å². The van der Waals surface area contributed by atoms with Crippen LogP contribution in [-0.2, 0) is 4.79 Å². The Kier molecular flexibility index (Phi) is 5.49. The van der Waals surface area contributed by atoms with Gasteiger partial charge in [-0.25, -0.2) is 0 Å². The molecule has 116 valence electrons. The van der Waals surface area contributed by atoms with Gasteiger partial charge in [0.25, 0.3) is 0 Å². The normalized spacial score (nSPS) is 18.5. The molecule has 0 atom stereocenters. The Labute approximate surface area is 135 Å². The van der Waals surface area contributed by atoms with Gasteiger partial charge in [-0.05, 0) is 38.0 Å². The Balaban J connectivity index is 1.79. The molecule has 0 aromatic heterocycles. The van der Waals surface area contributed by atoms with Gasteiger partial charge in [0.05, 0.1) is 16.3 Å². The molecule has 1 aliphatic heterocycles. The summed E-state index contributed by atoms with van der Waals surface area (Å²) in [4.78, 5) is 14.1. The number of nitrogens with zero attached hydrogens (tertiary/aromatic N) is 1. The number of hydrogen-bond donors (Lipinski definition) is 2. The lowest BCUT2D eigenvalue weighted by Gasteiger charge is -2.35. The summed E-state index contributed by atoms with van der Waals surface area (Å²) in [5.74, 6) is -0.0866. The van der Waals surface area contributed by atoms with E-state index in [2.05, 4.69) is 10.2 Å². The summed E-state index contributed by atoms with van der Waals surface area (Å²) in [5, 5.41) is 13.7. The zero-order chi connectivity index (χ0) is 15.5. The minimum atomic E-state index is -0.562. The van der Waals surface area contributed by atoms with Gasteiger partial charge in [-0.3, -0.25) is 4.79 Å². The van der Waals surface area contributed by atoms with E-state index in [1.807, 2.05) is 6.92 Å². The Morgan fingerprint density at radius 2 is 2.05 bits per heavy atom. The summed E-state index contributed by atoms with van der Waals surface area (Å²) >= 11 is 11.9. The van der Waals surface area contributed by atoms with Gasteiger partial charge in [-0.15, -0.1) is 0 Å². The van der Waals surface area contributed by atoms with Crippen LogP contribution >= 0.6 is 23.2 Å². The Bertz CT molecular complexity index is 510. The highest BCUT2D eigenvalue weighted by Crippen LogP contribution is 2.25. The predicted molar refractivity (Wildman–Crippen MR) is 86.0 cm³/mol. The van der Waals surface area contributed by atoms with E-state index in [-0.39, 0.29) is 5.91 Å². The number of anilines is 1. The van der Waals surface area contributed by atoms with Gasteiger partial charge >= 0.3 is 0 Å². The van der Waals surface area contributed by atoms with Gasteiger partial charge < -0.3 is 15.3 Å². The first kappa shape index (κ1) is 16.6. The number of rotatable bonds is 4. The van der Waals surface area contributed by atoms with Crippen LogP contribution in [0, 0.1) is 0 Å². The summed E-state index contributed by atoms with van der Waals surface area (Å²) in [5.41, 5.74) is -0.0247. The van der Waals surface area contributed by atoms with E-state index in [1.165, 1.54) is 0 Å². The number of aliphatic hydroxyl groups is 1. The largest absolute Gasteiger partial charge is 0.390 e. The minimum absolute atomic E-state index is 0.0866. The topological polar surface area (TPSA) is 52.6 Å². The van der Waals surface area contributed by atoms with E-state index in [9.17, 15) is 9.90 Å². The van der Waals surface area contributed by atoms with Crippen molar-refractivity contribution in [3.8, 4) is 0 Å². The summed E-state index contributed by atoms with van der Waals surface area (Å²) in [6.07, 6.45) is 1.88. The molecule has 1 heterocycles. The molecule has 0 bridgehead atoms. The molecule has 0 radical (unpaired) electrons. The van der Waals surface area contributed by atoms with E-state index < -0.39 is 5.60 Å². The quantitative estimate of drug-likeness (QED) is 0.891. The van der Waals surface area contributed by atoms with Crippen molar-refractivity contribution in [2.75, 3.05) is 25.0 Å². The maximum Gasteiger partial charge on any atom is 0.225 e. The summed E-state index contributed by atoms with van der Waals surface area (Å²) < 4.78 is 0. The van der Waals surface area contributed by atoms with E-state index in [1.54, 1.807) is 18.2 Å². The van der Waals surface area contributed by atoms with Gasteiger partial charge in [0.2, 0.25) is 5.91 Å². The SMILES string of the molecule is CC1(O)CCN(CCC(=O)Nc2cc(Cl)ccc2Cl)CC1. The summed E-state index contributed by atoms with van der Waals surface area (Å²) in [6, 6.07) is 4.98. The molecule has 1 aromatic rings. The van der Waals surface area contributed by atoms with Crippen molar-refractivity contribution in [2.24, 2.45) is 0 Å². The van der Waals surface area contributed by atoms with Crippen molar-refractivity contribution < 1.29 is 9.90 Å². The average Bonchev–Trinajstić information content (AvgIpc) is 2.42. The lowest BCUT2D eigenvalue weighted by Crippen LogP contribution is -2.43. The lowest BCUT2D eigenvalue weighted by molar-refractivity contribution is -0.116. The van der Waals surface area contributed by atoms with Crippen LogP contribution in [0.25, 0.3) is 0 Å². The third-order valence-corrected chi connectivity index (χ3v) is 4.36. The molecule has 2 rings (SSSR count). The number of hydrogen-bond acceptors (Lipinski definition) is 3. The highest BCUT2D eigenvalue weighted by atomic mass is 35.5. The number of benzene rings is 1. The van der Waals surface area contributed by atoms with Gasteiger partial charge in [0, 0.05) is 31.1 Å². The highest BCUT2D eigenvalue weighted by Gasteiger charge is 2.27. The molecule has 1 fully saturated rings. The Hall–Kier alpha value is -0.810. The molecular weight excluding hydrogens is 311 g/mol. The first-order chi connectivity index (χ1) is 9.85. The fourth-order valence-electron chi connectivity index (χ4n) is 2.32. The monoisotopic (exact) mass is 330 g/mol. The first-order valence-corrected chi connectivity index (χ1v) is 7.81. The molecule has 0 unspecified atom stereocenters. The highest BCUT2D eigenvalue weighted by molar-refractivity contribution is 6.35. The predicted octanol–water partition coefficient (Wildman–Crippen LogP) is 3.17. The third kappa shape index (κ3) is 5.15. The van der Waals surface area contributed by atoms with Gasteiger partial charge in [-0.1, -0.05) is 23.2 Å².